The molecule has 0 aliphatic carbocycles. The average molecular weight is 303 g/mol. The van der Waals surface area contributed by atoms with Crippen LogP contribution in [0.5, 0.6) is 5.88 Å². The molecular formula is C7H5ClF2N2O5S. The summed E-state index contributed by atoms with van der Waals surface area (Å²) in [5.41, 5.74) is -2.08. The van der Waals surface area contributed by atoms with E-state index in [1.165, 1.54) is 0 Å². The highest BCUT2D eigenvalue weighted by Gasteiger charge is 2.30. The van der Waals surface area contributed by atoms with Crippen LogP contribution in [0.15, 0.2) is 11.0 Å². The smallest absolute Gasteiger partial charge is 0.332 e. The van der Waals surface area contributed by atoms with Crippen molar-refractivity contribution in [2.75, 3.05) is 7.11 Å². The van der Waals surface area contributed by atoms with Gasteiger partial charge in [-0.25, -0.2) is 22.2 Å². The Balaban J connectivity index is 3.69. The molecule has 0 bridgehead atoms. The summed E-state index contributed by atoms with van der Waals surface area (Å²) in [6.45, 7) is 0. The van der Waals surface area contributed by atoms with Crippen LogP contribution in [-0.2, 0) is 9.05 Å². The Kier molecular flexibility index (Phi) is 4.02. The van der Waals surface area contributed by atoms with Gasteiger partial charge in [0, 0.05) is 16.7 Å². The Labute approximate surface area is 104 Å². The van der Waals surface area contributed by atoms with Gasteiger partial charge < -0.3 is 4.74 Å². The molecule has 11 heteroatoms. The van der Waals surface area contributed by atoms with Gasteiger partial charge in [0.2, 0.25) is 0 Å². The topological polar surface area (TPSA) is 99.4 Å². The molecule has 0 unspecified atom stereocenters. The largest absolute Gasteiger partial charge is 0.476 e. The second-order valence-corrected chi connectivity index (χ2v) is 5.43. The Bertz CT molecular complexity index is 592. The number of aromatic nitrogens is 1. The van der Waals surface area contributed by atoms with Crippen LogP contribution in [0, 0.1) is 10.1 Å². The van der Waals surface area contributed by atoms with Gasteiger partial charge in [-0.05, 0) is 0 Å². The molecule has 0 fully saturated rings. The van der Waals surface area contributed by atoms with E-state index in [1.807, 2.05) is 0 Å². The minimum absolute atomic E-state index is 0.385. The van der Waals surface area contributed by atoms with Crippen molar-refractivity contribution < 1.29 is 26.9 Å². The van der Waals surface area contributed by atoms with E-state index in [4.69, 9.17) is 10.7 Å². The van der Waals surface area contributed by atoms with Crippen molar-refractivity contribution >= 4 is 25.4 Å². The third kappa shape index (κ3) is 2.82. The molecule has 1 rings (SSSR count). The van der Waals surface area contributed by atoms with Crippen LogP contribution in [0.3, 0.4) is 0 Å². The van der Waals surface area contributed by atoms with Crippen LogP contribution >= 0.6 is 10.7 Å². The molecule has 100 valence electrons. The number of rotatable bonds is 4. The number of alkyl halides is 2. The fraction of sp³-hybridized carbons (Fsp3) is 0.286. The van der Waals surface area contributed by atoms with Gasteiger partial charge in [-0.2, -0.15) is 0 Å². The van der Waals surface area contributed by atoms with Gasteiger partial charge in [0.05, 0.1) is 12.0 Å². The molecule has 0 aromatic carbocycles. The highest BCUT2D eigenvalue weighted by Crippen LogP contribution is 2.35. The first-order chi connectivity index (χ1) is 8.18. The van der Waals surface area contributed by atoms with Crippen molar-refractivity contribution in [3.63, 3.8) is 0 Å². The van der Waals surface area contributed by atoms with Gasteiger partial charge in [0.1, 0.15) is 10.6 Å². The van der Waals surface area contributed by atoms with Crippen LogP contribution in [0.1, 0.15) is 12.1 Å². The van der Waals surface area contributed by atoms with Crippen LogP contribution < -0.4 is 4.74 Å². The van der Waals surface area contributed by atoms with Crippen LogP contribution in [0.4, 0.5) is 14.5 Å². The standard InChI is InChI=1S/C7H5ClF2N2O5S/c1-17-7-3(12(13)14)2-4(18(8,15)16)5(11-7)6(9)10/h2,6H,1H3. The number of hydrogen-bond acceptors (Lipinski definition) is 6. The highest BCUT2D eigenvalue weighted by atomic mass is 35.7. The minimum atomic E-state index is -4.59. The number of halogens is 3. The van der Waals surface area contributed by atoms with Crippen molar-refractivity contribution in [2.45, 2.75) is 11.3 Å². The van der Waals surface area contributed by atoms with E-state index in [1.54, 1.807) is 0 Å². The maximum atomic E-state index is 12.6. The Hall–Kier alpha value is -1.55. The normalized spacial score (nSPS) is 11.6. The summed E-state index contributed by atoms with van der Waals surface area (Å²) >= 11 is 0. The van der Waals surface area contributed by atoms with E-state index in [0.29, 0.717) is 6.07 Å². The zero-order valence-corrected chi connectivity index (χ0v) is 10.2. The van der Waals surface area contributed by atoms with Crippen molar-refractivity contribution in [2.24, 2.45) is 0 Å². The molecule has 18 heavy (non-hydrogen) atoms. The summed E-state index contributed by atoms with van der Waals surface area (Å²) in [5.74, 6) is -0.723. The molecule has 0 spiro atoms. The van der Waals surface area contributed by atoms with E-state index in [2.05, 4.69) is 9.72 Å². The molecule has 1 aromatic heterocycles. The van der Waals surface area contributed by atoms with Crippen LogP contribution in [0.25, 0.3) is 0 Å². The first-order valence-corrected chi connectivity index (χ1v) is 6.45. The zero-order chi connectivity index (χ0) is 14.1. The summed E-state index contributed by atoms with van der Waals surface area (Å²) in [5, 5.41) is 10.6. The summed E-state index contributed by atoms with van der Waals surface area (Å²) in [7, 11) is 1.30. The molecule has 0 N–H and O–H groups in total. The molecule has 1 heterocycles. The number of methoxy groups -OCH3 is 1. The highest BCUT2D eigenvalue weighted by molar-refractivity contribution is 8.13. The van der Waals surface area contributed by atoms with Gasteiger partial charge in [0.25, 0.3) is 21.4 Å². The Morgan fingerprint density at radius 2 is 2.11 bits per heavy atom. The van der Waals surface area contributed by atoms with Gasteiger partial charge in [-0.3, -0.25) is 10.1 Å². The summed E-state index contributed by atoms with van der Waals surface area (Å²) in [4.78, 5) is 11.6. The van der Waals surface area contributed by atoms with Gasteiger partial charge in [-0.1, -0.05) is 0 Å². The lowest BCUT2D eigenvalue weighted by Crippen LogP contribution is -2.06. The number of nitro groups is 1. The molecule has 0 amide bonds. The lowest BCUT2D eigenvalue weighted by atomic mass is 10.3. The molecule has 7 nitrogen and oxygen atoms in total. The van der Waals surface area contributed by atoms with E-state index in [9.17, 15) is 27.3 Å². The Morgan fingerprint density at radius 1 is 1.56 bits per heavy atom. The predicted octanol–water partition coefficient (Wildman–Crippen LogP) is 1.86. The van der Waals surface area contributed by atoms with Gasteiger partial charge >= 0.3 is 5.69 Å². The number of nitrogens with zero attached hydrogens (tertiary/aromatic N) is 2. The van der Waals surface area contributed by atoms with Crippen molar-refractivity contribution in [3.8, 4) is 5.88 Å². The SMILES string of the molecule is COc1nc(C(F)F)c(S(=O)(=O)Cl)cc1[N+](=O)[O-]. The molecule has 0 saturated heterocycles. The molecular weight excluding hydrogens is 298 g/mol. The lowest BCUT2D eigenvalue weighted by Gasteiger charge is -2.07. The van der Waals surface area contributed by atoms with Crippen LogP contribution in [0.2, 0.25) is 0 Å². The average Bonchev–Trinajstić information content (AvgIpc) is 2.25. The fourth-order valence-electron chi connectivity index (χ4n) is 1.11. The molecule has 1 aromatic rings. The van der Waals surface area contributed by atoms with Crippen LogP contribution in [-0.4, -0.2) is 25.4 Å². The number of pyridine rings is 1. The second-order valence-electron chi connectivity index (χ2n) is 2.90. The third-order valence-corrected chi connectivity index (χ3v) is 3.17. The predicted molar refractivity (Wildman–Crippen MR) is 55.4 cm³/mol. The number of hydrogen-bond donors (Lipinski definition) is 0. The molecule has 0 aliphatic heterocycles. The Morgan fingerprint density at radius 3 is 2.44 bits per heavy atom. The maximum Gasteiger partial charge on any atom is 0.332 e. The molecule has 0 radical (unpaired) electrons. The zero-order valence-electron chi connectivity index (χ0n) is 8.63. The second kappa shape index (κ2) is 4.98. The summed E-state index contributed by atoms with van der Waals surface area (Å²) in [6.07, 6.45) is -3.27. The molecule has 0 saturated carbocycles. The number of ether oxygens (including phenoxy) is 1. The summed E-state index contributed by atoms with van der Waals surface area (Å²) < 4.78 is 51.8. The first kappa shape index (κ1) is 14.5. The van der Waals surface area contributed by atoms with Gasteiger partial charge in [0.15, 0.2) is 0 Å². The van der Waals surface area contributed by atoms with E-state index >= 15 is 0 Å². The molecule has 0 aliphatic rings. The van der Waals surface area contributed by atoms with E-state index in [-0.39, 0.29) is 0 Å². The quantitative estimate of drug-likeness (QED) is 0.478. The van der Waals surface area contributed by atoms with Crippen molar-refractivity contribution in [1.29, 1.82) is 0 Å². The van der Waals surface area contributed by atoms with E-state index < -0.39 is 42.6 Å². The van der Waals surface area contributed by atoms with Crippen molar-refractivity contribution in [3.05, 3.63) is 21.9 Å². The van der Waals surface area contributed by atoms with E-state index in [0.717, 1.165) is 7.11 Å². The third-order valence-electron chi connectivity index (χ3n) is 1.82. The monoisotopic (exact) mass is 302 g/mol. The maximum absolute atomic E-state index is 12.6. The minimum Gasteiger partial charge on any atom is -0.476 e. The van der Waals surface area contributed by atoms with Crippen molar-refractivity contribution in [1.82, 2.24) is 4.98 Å². The fourth-order valence-corrected chi connectivity index (χ4v) is 2.12. The van der Waals surface area contributed by atoms with Gasteiger partial charge in [-0.15, -0.1) is 0 Å². The molecule has 0 atom stereocenters. The lowest BCUT2D eigenvalue weighted by molar-refractivity contribution is -0.386. The summed E-state index contributed by atoms with van der Waals surface area (Å²) in [6, 6.07) is 0.385. The first-order valence-electron chi connectivity index (χ1n) is 4.14.